The summed E-state index contributed by atoms with van der Waals surface area (Å²) in [4.78, 5) is 21.1. The first-order chi connectivity index (χ1) is 12.1. The molecular formula is C17H25N7O. The van der Waals surface area contributed by atoms with Gasteiger partial charge in [0, 0.05) is 38.8 Å². The summed E-state index contributed by atoms with van der Waals surface area (Å²) in [6.45, 7) is 4.58. The van der Waals surface area contributed by atoms with E-state index in [-0.39, 0.29) is 11.8 Å². The number of carbonyl (C=O) groups excluding carboxylic acids is 1. The Morgan fingerprint density at radius 2 is 2.04 bits per heavy atom. The summed E-state index contributed by atoms with van der Waals surface area (Å²) >= 11 is 0. The molecule has 0 spiro atoms. The van der Waals surface area contributed by atoms with E-state index in [4.69, 9.17) is 0 Å². The molecule has 25 heavy (non-hydrogen) atoms. The Hall–Kier alpha value is -2.51. The molecule has 8 heteroatoms. The highest BCUT2D eigenvalue weighted by Crippen LogP contribution is 2.18. The molecule has 2 aromatic rings. The number of rotatable bonds is 5. The molecule has 1 amide bonds. The van der Waals surface area contributed by atoms with Crippen molar-refractivity contribution in [2.24, 2.45) is 0 Å². The van der Waals surface area contributed by atoms with Gasteiger partial charge in [-0.05, 0) is 25.0 Å². The van der Waals surface area contributed by atoms with E-state index in [1.807, 2.05) is 19.1 Å². The predicted molar refractivity (Wildman–Crippen MR) is 94.5 cm³/mol. The quantitative estimate of drug-likeness (QED) is 0.891. The lowest BCUT2D eigenvalue weighted by Gasteiger charge is -2.22. The molecular weight excluding hydrogens is 318 g/mol. The number of aromatic nitrogens is 5. The molecule has 2 aromatic heterocycles. The second kappa shape index (κ2) is 8.04. The van der Waals surface area contributed by atoms with Crippen molar-refractivity contribution in [2.75, 3.05) is 31.6 Å². The van der Waals surface area contributed by atoms with Crippen LogP contribution in [0.3, 0.4) is 0 Å². The molecule has 0 aromatic carbocycles. The fourth-order valence-corrected chi connectivity index (χ4v) is 3.17. The van der Waals surface area contributed by atoms with Gasteiger partial charge in [0.2, 0.25) is 0 Å². The number of nitrogens with zero attached hydrogens (tertiary/aromatic N) is 6. The normalized spacial score (nSPS) is 16.3. The Bertz CT molecular complexity index is 663. The highest BCUT2D eigenvalue weighted by Gasteiger charge is 2.19. The summed E-state index contributed by atoms with van der Waals surface area (Å²) in [6.07, 6.45) is 6.67. The van der Waals surface area contributed by atoms with Crippen molar-refractivity contribution in [3.63, 3.8) is 0 Å². The lowest BCUT2D eigenvalue weighted by Crippen LogP contribution is -2.31. The summed E-state index contributed by atoms with van der Waals surface area (Å²) in [5.74, 6) is 1.53. The van der Waals surface area contributed by atoms with Crippen LogP contribution >= 0.6 is 0 Å². The molecule has 8 nitrogen and oxygen atoms in total. The van der Waals surface area contributed by atoms with Crippen molar-refractivity contribution in [3.05, 3.63) is 29.7 Å². The van der Waals surface area contributed by atoms with Gasteiger partial charge in [-0.2, -0.15) is 5.21 Å². The van der Waals surface area contributed by atoms with Crippen molar-refractivity contribution in [1.82, 2.24) is 30.5 Å². The number of tetrazole rings is 1. The Kier molecular flexibility index (Phi) is 5.57. The van der Waals surface area contributed by atoms with Crippen molar-refractivity contribution in [2.45, 2.75) is 38.5 Å². The largest absolute Gasteiger partial charge is 0.357 e. The third kappa shape index (κ3) is 4.32. The minimum Gasteiger partial charge on any atom is -0.357 e. The van der Waals surface area contributed by atoms with E-state index in [0.717, 1.165) is 18.9 Å². The molecule has 0 aliphatic carbocycles. The lowest BCUT2D eigenvalue weighted by atomic mass is 10.1. The van der Waals surface area contributed by atoms with E-state index < -0.39 is 0 Å². The van der Waals surface area contributed by atoms with Gasteiger partial charge in [-0.1, -0.05) is 25.0 Å². The Balaban J connectivity index is 1.61. The zero-order valence-corrected chi connectivity index (χ0v) is 14.9. The molecule has 1 unspecified atom stereocenters. The molecule has 1 aliphatic rings. The Morgan fingerprint density at radius 3 is 2.64 bits per heavy atom. The number of carbonyl (C=O) groups is 1. The molecule has 0 bridgehead atoms. The Morgan fingerprint density at radius 1 is 1.28 bits per heavy atom. The number of amides is 1. The van der Waals surface area contributed by atoms with Gasteiger partial charge in [0.15, 0.2) is 5.82 Å². The van der Waals surface area contributed by atoms with Crippen LogP contribution in [0.2, 0.25) is 0 Å². The molecule has 134 valence electrons. The maximum absolute atomic E-state index is 12.6. The molecule has 3 heterocycles. The number of aromatic amines is 1. The molecule has 1 saturated heterocycles. The molecule has 0 radical (unpaired) electrons. The van der Waals surface area contributed by atoms with Gasteiger partial charge >= 0.3 is 0 Å². The minimum absolute atomic E-state index is 0.0111. The molecule has 1 fully saturated rings. The van der Waals surface area contributed by atoms with E-state index in [9.17, 15) is 4.79 Å². The first kappa shape index (κ1) is 17.3. The summed E-state index contributed by atoms with van der Waals surface area (Å²) in [6, 6.07) is 3.82. The highest BCUT2D eigenvalue weighted by molar-refractivity contribution is 5.94. The minimum atomic E-state index is -0.0507. The number of nitrogens with one attached hydrogen (secondary N) is 1. The first-order valence-electron chi connectivity index (χ1n) is 8.85. The molecule has 1 N–H and O–H groups in total. The second-order valence-electron chi connectivity index (χ2n) is 6.66. The van der Waals surface area contributed by atoms with Gasteiger partial charge < -0.3 is 9.80 Å². The van der Waals surface area contributed by atoms with Crippen LogP contribution < -0.4 is 4.90 Å². The van der Waals surface area contributed by atoms with E-state index in [0.29, 0.717) is 17.9 Å². The van der Waals surface area contributed by atoms with Crippen molar-refractivity contribution < 1.29 is 4.79 Å². The molecule has 0 saturated carbocycles. The van der Waals surface area contributed by atoms with Crippen molar-refractivity contribution in [1.29, 1.82) is 0 Å². The third-order valence-electron chi connectivity index (χ3n) is 4.62. The van der Waals surface area contributed by atoms with Crippen LogP contribution in [0, 0.1) is 0 Å². The number of H-pyrrole nitrogens is 1. The standard InChI is InChI=1S/C17H25N7O/c1-13(16-19-21-22-20-16)12-23(2)17(25)14-7-8-15(18-11-14)24-9-5-3-4-6-10-24/h7-8,11,13H,3-6,9-10,12H2,1-2H3,(H,19,20,21,22). The zero-order valence-electron chi connectivity index (χ0n) is 14.9. The number of hydrogen-bond donors (Lipinski definition) is 1. The predicted octanol–water partition coefficient (Wildman–Crippen LogP) is 1.85. The van der Waals surface area contributed by atoms with Crippen LogP contribution in [0.4, 0.5) is 5.82 Å². The number of pyridine rings is 1. The fraction of sp³-hybridized carbons (Fsp3) is 0.588. The summed E-state index contributed by atoms with van der Waals surface area (Å²) in [5.41, 5.74) is 0.599. The average Bonchev–Trinajstić information content (AvgIpc) is 3.04. The maximum atomic E-state index is 12.6. The third-order valence-corrected chi connectivity index (χ3v) is 4.62. The van der Waals surface area contributed by atoms with Crippen LogP contribution in [0.1, 0.15) is 54.7 Å². The molecule has 1 aliphatic heterocycles. The van der Waals surface area contributed by atoms with E-state index in [2.05, 4.69) is 30.5 Å². The monoisotopic (exact) mass is 343 g/mol. The van der Waals surface area contributed by atoms with Gasteiger partial charge in [-0.3, -0.25) is 4.79 Å². The maximum Gasteiger partial charge on any atom is 0.255 e. The molecule has 1 atom stereocenters. The highest BCUT2D eigenvalue weighted by atomic mass is 16.2. The Labute approximate surface area is 147 Å². The topological polar surface area (TPSA) is 90.9 Å². The summed E-state index contributed by atoms with van der Waals surface area (Å²) < 4.78 is 0. The number of hydrogen-bond acceptors (Lipinski definition) is 6. The van der Waals surface area contributed by atoms with E-state index in [1.165, 1.54) is 25.7 Å². The zero-order chi connectivity index (χ0) is 17.6. The van der Waals surface area contributed by atoms with Gasteiger partial charge in [-0.15, -0.1) is 10.2 Å². The summed E-state index contributed by atoms with van der Waals surface area (Å²) in [5, 5.41) is 13.9. The van der Waals surface area contributed by atoms with E-state index in [1.54, 1.807) is 18.1 Å². The molecule has 3 rings (SSSR count). The second-order valence-corrected chi connectivity index (χ2v) is 6.66. The smallest absolute Gasteiger partial charge is 0.255 e. The van der Waals surface area contributed by atoms with Crippen LogP contribution in [-0.2, 0) is 0 Å². The number of likely N-dealkylation sites (N-methyl/N-ethyl adjacent to an activating group) is 1. The first-order valence-corrected chi connectivity index (χ1v) is 8.85. The van der Waals surface area contributed by atoms with Crippen molar-refractivity contribution in [3.8, 4) is 0 Å². The number of anilines is 1. The van der Waals surface area contributed by atoms with Crippen LogP contribution in [-0.4, -0.2) is 63.1 Å². The van der Waals surface area contributed by atoms with Gasteiger partial charge in [-0.25, -0.2) is 4.98 Å². The van der Waals surface area contributed by atoms with Gasteiger partial charge in [0.25, 0.3) is 5.91 Å². The average molecular weight is 343 g/mol. The van der Waals surface area contributed by atoms with Crippen molar-refractivity contribution >= 4 is 11.7 Å². The van der Waals surface area contributed by atoms with Gasteiger partial charge in [0.1, 0.15) is 5.82 Å². The summed E-state index contributed by atoms with van der Waals surface area (Å²) in [7, 11) is 1.78. The van der Waals surface area contributed by atoms with Crippen LogP contribution in [0.15, 0.2) is 18.3 Å². The lowest BCUT2D eigenvalue weighted by molar-refractivity contribution is 0.0787. The fourth-order valence-electron chi connectivity index (χ4n) is 3.17. The van der Waals surface area contributed by atoms with Crippen LogP contribution in [0.25, 0.3) is 0 Å². The van der Waals surface area contributed by atoms with Crippen LogP contribution in [0.5, 0.6) is 0 Å². The SMILES string of the molecule is CC(CN(C)C(=O)c1ccc(N2CCCCCC2)nc1)c1nn[nH]n1. The van der Waals surface area contributed by atoms with Gasteiger partial charge in [0.05, 0.1) is 5.56 Å². The van der Waals surface area contributed by atoms with E-state index >= 15 is 0 Å².